The van der Waals surface area contributed by atoms with Crippen molar-refractivity contribution in [2.24, 2.45) is 5.73 Å². The minimum Gasteiger partial charge on any atom is -0.369 e. The largest absolute Gasteiger partial charge is 0.407 e. The van der Waals surface area contributed by atoms with Crippen molar-refractivity contribution in [3.63, 3.8) is 0 Å². The first-order chi connectivity index (χ1) is 17.1. The Balaban J connectivity index is 1.84. The third-order valence-corrected chi connectivity index (χ3v) is 6.44. The molecule has 1 fully saturated rings. The third kappa shape index (κ3) is 7.29. The fourth-order valence-corrected chi connectivity index (χ4v) is 4.00. The molecular formula is C27H30F4N4O2. The van der Waals surface area contributed by atoms with Crippen molar-refractivity contribution in [2.45, 2.75) is 75.4 Å². The SMILES string of the molecule is CC(C(N)=O)c1ccc(-c2ccc([C@H](N[C@@H](CC(C)(C)F)C(=O)NC3(C#N)CC3)C(F)(F)F)cc2)cc1. The van der Waals surface area contributed by atoms with Crippen LogP contribution >= 0.6 is 0 Å². The zero-order valence-corrected chi connectivity index (χ0v) is 20.8. The molecule has 198 valence electrons. The van der Waals surface area contributed by atoms with Gasteiger partial charge in [-0.2, -0.15) is 18.4 Å². The summed E-state index contributed by atoms with van der Waals surface area (Å²) in [5.41, 5.74) is 4.24. The van der Waals surface area contributed by atoms with Crippen LogP contribution in [0.2, 0.25) is 0 Å². The molecule has 4 N–H and O–H groups in total. The molecule has 3 rings (SSSR count). The lowest BCUT2D eigenvalue weighted by Gasteiger charge is -2.30. The lowest BCUT2D eigenvalue weighted by molar-refractivity contribution is -0.161. The molecule has 10 heteroatoms. The van der Waals surface area contributed by atoms with Crippen LogP contribution in [-0.4, -0.2) is 35.2 Å². The molecule has 0 saturated heterocycles. The maximum absolute atomic E-state index is 14.5. The van der Waals surface area contributed by atoms with Crippen molar-refractivity contribution in [3.8, 4) is 17.2 Å². The van der Waals surface area contributed by atoms with E-state index in [1.165, 1.54) is 38.1 Å². The first-order valence-corrected chi connectivity index (χ1v) is 11.9. The minimum atomic E-state index is -4.78. The molecule has 0 radical (unpaired) electrons. The van der Waals surface area contributed by atoms with Gasteiger partial charge in [0.2, 0.25) is 11.8 Å². The quantitative estimate of drug-likeness (QED) is 0.392. The van der Waals surface area contributed by atoms with Crippen LogP contribution in [0.4, 0.5) is 17.6 Å². The Morgan fingerprint density at radius 3 is 1.86 bits per heavy atom. The summed E-state index contributed by atoms with van der Waals surface area (Å²) in [6.45, 7) is 4.04. The summed E-state index contributed by atoms with van der Waals surface area (Å²) in [7, 11) is 0. The normalized spacial score (nSPS) is 17.2. The number of primary amides is 1. The Morgan fingerprint density at radius 2 is 1.49 bits per heavy atom. The van der Waals surface area contributed by atoms with Gasteiger partial charge in [-0.3, -0.25) is 14.9 Å². The third-order valence-electron chi connectivity index (χ3n) is 6.44. The number of nitrogens with two attached hydrogens (primary N) is 1. The smallest absolute Gasteiger partial charge is 0.369 e. The average Bonchev–Trinajstić information content (AvgIpc) is 3.59. The molecule has 37 heavy (non-hydrogen) atoms. The van der Waals surface area contributed by atoms with E-state index in [1.807, 2.05) is 6.07 Å². The van der Waals surface area contributed by atoms with E-state index in [9.17, 15) is 32.4 Å². The number of rotatable bonds is 10. The van der Waals surface area contributed by atoms with E-state index in [2.05, 4.69) is 10.6 Å². The van der Waals surface area contributed by atoms with E-state index in [4.69, 9.17) is 5.73 Å². The first kappa shape index (κ1) is 28.1. The summed E-state index contributed by atoms with van der Waals surface area (Å²) in [5.74, 6) is -1.79. The number of carbonyl (C=O) groups is 2. The van der Waals surface area contributed by atoms with Crippen molar-refractivity contribution < 1.29 is 27.2 Å². The van der Waals surface area contributed by atoms with Crippen molar-refractivity contribution >= 4 is 11.8 Å². The van der Waals surface area contributed by atoms with Gasteiger partial charge in [-0.05, 0) is 55.9 Å². The summed E-state index contributed by atoms with van der Waals surface area (Å²) in [5, 5.41) is 14.0. The highest BCUT2D eigenvalue weighted by Gasteiger charge is 2.48. The van der Waals surface area contributed by atoms with Gasteiger partial charge in [-0.1, -0.05) is 48.5 Å². The van der Waals surface area contributed by atoms with Gasteiger partial charge < -0.3 is 11.1 Å². The molecule has 2 aromatic carbocycles. The van der Waals surface area contributed by atoms with Gasteiger partial charge in [0.05, 0.1) is 18.0 Å². The molecule has 0 bridgehead atoms. The summed E-state index contributed by atoms with van der Waals surface area (Å²) in [4.78, 5) is 24.2. The molecule has 0 aliphatic heterocycles. The molecule has 6 nitrogen and oxygen atoms in total. The zero-order chi connectivity index (χ0) is 27.6. The van der Waals surface area contributed by atoms with Crippen LogP contribution in [0, 0.1) is 11.3 Å². The van der Waals surface area contributed by atoms with Crippen molar-refractivity contribution in [3.05, 3.63) is 59.7 Å². The Labute approximate surface area is 213 Å². The number of amides is 2. The maximum atomic E-state index is 14.5. The van der Waals surface area contributed by atoms with Gasteiger partial charge in [0.1, 0.15) is 17.2 Å². The first-order valence-electron chi connectivity index (χ1n) is 11.9. The zero-order valence-electron chi connectivity index (χ0n) is 20.8. The summed E-state index contributed by atoms with van der Waals surface area (Å²) >= 11 is 0. The van der Waals surface area contributed by atoms with E-state index in [1.54, 1.807) is 31.2 Å². The molecule has 0 heterocycles. The molecule has 1 unspecified atom stereocenters. The van der Waals surface area contributed by atoms with Gasteiger partial charge in [0, 0.05) is 6.42 Å². The van der Waals surface area contributed by atoms with Crippen LogP contribution in [0.5, 0.6) is 0 Å². The number of hydrogen-bond acceptors (Lipinski definition) is 4. The molecular weight excluding hydrogens is 488 g/mol. The Hall–Kier alpha value is -3.45. The molecule has 2 amide bonds. The second kappa shape index (κ2) is 10.5. The predicted octanol–water partition coefficient (Wildman–Crippen LogP) is 4.81. The number of carbonyl (C=O) groups excluding carboxylic acids is 2. The summed E-state index contributed by atoms with van der Waals surface area (Å²) in [6, 6.07) is 10.8. The van der Waals surface area contributed by atoms with E-state index in [0.29, 0.717) is 18.4 Å². The van der Waals surface area contributed by atoms with Crippen LogP contribution in [0.15, 0.2) is 48.5 Å². The highest BCUT2D eigenvalue weighted by Crippen LogP contribution is 2.37. The number of nitrogens with zero attached hydrogens (tertiary/aromatic N) is 1. The van der Waals surface area contributed by atoms with Gasteiger partial charge in [0.25, 0.3) is 0 Å². The van der Waals surface area contributed by atoms with Gasteiger partial charge in [0.15, 0.2) is 0 Å². The monoisotopic (exact) mass is 518 g/mol. The van der Waals surface area contributed by atoms with Crippen LogP contribution in [0.25, 0.3) is 11.1 Å². The standard InChI is InChI=1S/C27H30F4N4O2/c1-16(23(33)36)17-4-6-18(7-5-17)19-8-10-20(11-9-19)22(27(29,30)31)34-21(14-25(2,3)28)24(37)35-26(15-32)12-13-26/h4-11,16,21-22,34H,12-14H2,1-3H3,(H2,33,36)(H,35,37)/t16?,21-,22-/m0/s1. The number of nitrogens with one attached hydrogen (secondary N) is 2. The topological polar surface area (TPSA) is 108 Å². The van der Waals surface area contributed by atoms with E-state index >= 15 is 0 Å². The van der Waals surface area contributed by atoms with Gasteiger partial charge in [-0.25, -0.2) is 4.39 Å². The lowest BCUT2D eigenvalue weighted by atomic mass is 9.95. The Morgan fingerprint density at radius 1 is 1.00 bits per heavy atom. The molecule has 1 aliphatic carbocycles. The maximum Gasteiger partial charge on any atom is 0.407 e. The summed E-state index contributed by atoms with van der Waals surface area (Å²) < 4.78 is 56.8. The fourth-order valence-electron chi connectivity index (χ4n) is 4.00. The van der Waals surface area contributed by atoms with Crippen LogP contribution in [-0.2, 0) is 9.59 Å². The van der Waals surface area contributed by atoms with Crippen LogP contribution < -0.4 is 16.4 Å². The highest BCUT2D eigenvalue weighted by atomic mass is 19.4. The van der Waals surface area contributed by atoms with E-state index in [-0.39, 0.29) is 5.56 Å². The Bertz CT molecular complexity index is 1160. The van der Waals surface area contributed by atoms with Crippen molar-refractivity contribution in [1.29, 1.82) is 5.26 Å². The number of benzene rings is 2. The molecule has 3 atom stereocenters. The van der Waals surface area contributed by atoms with Gasteiger partial charge in [-0.15, -0.1) is 0 Å². The fraction of sp³-hybridized carbons (Fsp3) is 0.444. The second-order valence-corrected chi connectivity index (χ2v) is 10.2. The molecule has 1 saturated carbocycles. The number of hydrogen-bond donors (Lipinski definition) is 3. The van der Waals surface area contributed by atoms with Crippen LogP contribution in [0.1, 0.15) is 63.1 Å². The molecule has 0 aromatic heterocycles. The highest BCUT2D eigenvalue weighted by molar-refractivity contribution is 5.83. The Kier molecular flexibility index (Phi) is 7.98. The van der Waals surface area contributed by atoms with Crippen molar-refractivity contribution in [1.82, 2.24) is 10.6 Å². The number of alkyl halides is 4. The average molecular weight is 519 g/mol. The van der Waals surface area contributed by atoms with E-state index < -0.39 is 53.6 Å². The molecule has 2 aromatic rings. The number of nitriles is 1. The number of halogens is 4. The van der Waals surface area contributed by atoms with Crippen molar-refractivity contribution in [2.75, 3.05) is 0 Å². The second-order valence-electron chi connectivity index (χ2n) is 10.2. The summed E-state index contributed by atoms with van der Waals surface area (Å²) in [6.07, 6.45) is -4.50. The van der Waals surface area contributed by atoms with Crippen LogP contribution in [0.3, 0.4) is 0 Å². The minimum absolute atomic E-state index is 0.147. The van der Waals surface area contributed by atoms with Gasteiger partial charge >= 0.3 is 6.18 Å². The predicted molar refractivity (Wildman–Crippen MR) is 131 cm³/mol. The molecule has 0 spiro atoms. The molecule has 1 aliphatic rings. The lowest BCUT2D eigenvalue weighted by Crippen LogP contribution is -2.53. The van der Waals surface area contributed by atoms with E-state index in [0.717, 1.165) is 11.1 Å².